The fraction of sp³-hybridized carbons (Fsp3) is 0.419. The summed E-state index contributed by atoms with van der Waals surface area (Å²) in [4.78, 5) is 27.5. The molecule has 0 unspecified atom stereocenters. The summed E-state index contributed by atoms with van der Waals surface area (Å²) in [5, 5.41) is 3.40. The Bertz CT molecular complexity index is 1330. The SMILES string of the molecule is CC[C@@H](C)OC(=O)C1=C(C)NC2=C(C(=O)C[C@@H](c3ccc(OC)c(OC)c3)C2)[C@@H]1c1ccc(OC)cc1OC. The van der Waals surface area contributed by atoms with Crippen LogP contribution in [0, 0.1) is 0 Å². The summed E-state index contributed by atoms with van der Waals surface area (Å²) < 4.78 is 27.8. The van der Waals surface area contributed by atoms with Gasteiger partial charge in [0.05, 0.1) is 46.0 Å². The van der Waals surface area contributed by atoms with Gasteiger partial charge in [-0.1, -0.05) is 19.1 Å². The normalized spacial score (nSPS) is 19.6. The van der Waals surface area contributed by atoms with Crippen LogP contribution < -0.4 is 24.3 Å². The second-order valence-corrected chi connectivity index (χ2v) is 9.86. The summed E-state index contributed by atoms with van der Waals surface area (Å²) in [5.41, 5.74) is 4.13. The van der Waals surface area contributed by atoms with Gasteiger partial charge in [-0.15, -0.1) is 0 Å². The van der Waals surface area contributed by atoms with Crippen molar-refractivity contribution in [2.45, 2.75) is 58.0 Å². The number of carbonyl (C=O) groups is 2. The Morgan fingerprint density at radius 1 is 0.949 bits per heavy atom. The molecule has 2 aromatic carbocycles. The number of carbonyl (C=O) groups excluding carboxylic acids is 2. The summed E-state index contributed by atoms with van der Waals surface area (Å²) >= 11 is 0. The van der Waals surface area contributed by atoms with E-state index in [-0.39, 0.29) is 24.2 Å². The van der Waals surface area contributed by atoms with Crippen LogP contribution in [-0.4, -0.2) is 46.3 Å². The predicted molar refractivity (Wildman–Crippen MR) is 148 cm³/mol. The Balaban J connectivity index is 1.82. The van der Waals surface area contributed by atoms with Crippen LogP contribution in [0.5, 0.6) is 23.0 Å². The number of ketones is 1. The van der Waals surface area contributed by atoms with Crippen molar-refractivity contribution in [2.75, 3.05) is 28.4 Å². The first-order valence-corrected chi connectivity index (χ1v) is 13.1. The molecule has 39 heavy (non-hydrogen) atoms. The zero-order valence-electron chi connectivity index (χ0n) is 23.7. The number of nitrogens with one attached hydrogen (secondary N) is 1. The number of dihydropyridines is 1. The highest BCUT2D eigenvalue weighted by atomic mass is 16.5. The van der Waals surface area contributed by atoms with Crippen molar-refractivity contribution in [3.63, 3.8) is 0 Å². The Morgan fingerprint density at radius 3 is 2.31 bits per heavy atom. The molecule has 0 saturated carbocycles. The quantitative estimate of drug-likeness (QED) is 0.426. The third-order valence-corrected chi connectivity index (χ3v) is 7.56. The lowest BCUT2D eigenvalue weighted by Crippen LogP contribution is -2.36. The highest BCUT2D eigenvalue weighted by molar-refractivity contribution is 6.04. The van der Waals surface area contributed by atoms with Crippen LogP contribution in [0.15, 0.2) is 58.9 Å². The number of benzene rings is 2. The van der Waals surface area contributed by atoms with Crippen LogP contribution in [0.3, 0.4) is 0 Å². The maximum Gasteiger partial charge on any atom is 0.337 e. The molecule has 1 aliphatic heterocycles. The third-order valence-electron chi connectivity index (χ3n) is 7.56. The molecule has 8 heteroatoms. The lowest BCUT2D eigenvalue weighted by molar-refractivity contribution is -0.144. The number of hydrogen-bond acceptors (Lipinski definition) is 8. The molecule has 2 aromatic rings. The van der Waals surface area contributed by atoms with Crippen LogP contribution >= 0.6 is 0 Å². The van der Waals surface area contributed by atoms with Crippen molar-refractivity contribution in [3.05, 3.63) is 70.1 Å². The molecule has 208 valence electrons. The fourth-order valence-electron chi connectivity index (χ4n) is 5.35. The summed E-state index contributed by atoms with van der Waals surface area (Å²) in [6.07, 6.45) is 1.30. The maximum atomic E-state index is 14.0. The molecule has 2 aliphatic rings. The van der Waals surface area contributed by atoms with Crippen LogP contribution in [0.25, 0.3) is 0 Å². The number of ether oxygens (including phenoxy) is 5. The van der Waals surface area contributed by atoms with Gasteiger partial charge in [0, 0.05) is 35.0 Å². The van der Waals surface area contributed by atoms with E-state index >= 15 is 0 Å². The Labute approximate surface area is 229 Å². The van der Waals surface area contributed by atoms with E-state index in [0.29, 0.717) is 58.2 Å². The minimum atomic E-state index is -0.641. The van der Waals surface area contributed by atoms with Gasteiger partial charge in [0.25, 0.3) is 0 Å². The van der Waals surface area contributed by atoms with Gasteiger partial charge in [0.1, 0.15) is 11.5 Å². The largest absolute Gasteiger partial charge is 0.497 e. The van der Waals surface area contributed by atoms with Crippen molar-refractivity contribution in [1.29, 1.82) is 0 Å². The van der Waals surface area contributed by atoms with E-state index in [1.807, 2.05) is 51.1 Å². The predicted octanol–water partition coefficient (Wildman–Crippen LogP) is 5.42. The van der Waals surface area contributed by atoms with Gasteiger partial charge in [-0.05, 0) is 56.4 Å². The van der Waals surface area contributed by atoms with E-state index < -0.39 is 11.9 Å². The van der Waals surface area contributed by atoms with Crippen molar-refractivity contribution in [2.24, 2.45) is 0 Å². The first-order chi connectivity index (χ1) is 18.8. The molecule has 0 fully saturated rings. The average molecular weight is 536 g/mol. The number of hydrogen-bond donors (Lipinski definition) is 1. The van der Waals surface area contributed by atoms with E-state index in [9.17, 15) is 9.59 Å². The van der Waals surface area contributed by atoms with E-state index in [1.165, 1.54) is 0 Å². The van der Waals surface area contributed by atoms with Gasteiger partial charge in [-0.2, -0.15) is 0 Å². The first-order valence-electron chi connectivity index (χ1n) is 13.1. The zero-order valence-corrected chi connectivity index (χ0v) is 23.7. The summed E-state index contributed by atoms with van der Waals surface area (Å²) in [7, 11) is 6.34. The standard InChI is InChI=1S/C31H37NO7/c1-8-17(2)39-31(34)28-18(3)32-23-13-20(19-9-12-25(36-5)27(15-19)38-7)14-24(33)30(23)29(28)22-11-10-21(35-4)16-26(22)37-6/h9-12,15-17,20,29,32H,8,13-14H2,1-7H3/t17-,20+,29-/m1/s1. The molecule has 0 saturated heterocycles. The number of esters is 1. The molecule has 8 nitrogen and oxygen atoms in total. The van der Waals surface area contributed by atoms with Gasteiger partial charge in [-0.3, -0.25) is 4.79 Å². The van der Waals surface area contributed by atoms with Gasteiger partial charge in [0.2, 0.25) is 0 Å². The molecular formula is C31H37NO7. The minimum absolute atomic E-state index is 0.0345. The second-order valence-electron chi connectivity index (χ2n) is 9.86. The van der Waals surface area contributed by atoms with Crippen molar-refractivity contribution < 1.29 is 33.3 Å². The topological polar surface area (TPSA) is 92.3 Å². The van der Waals surface area contributed by atoms with E-state index in [0.717, 1.165) is 11.3 Å². The molecule has 4 rings (SSSR count). The van der Waals surface area contributed by atoms with Gasteiger partial charge in [0.15, 0.2) is 17.3 Å². The second kappa shape index (κ2) is 11.8. The molecule has 3 atom stereocenters. The minimum Gasteiger partial charge on any atom is -0.497 e. The van der Waals surface area contributed by atoms with E-state index in [4.69, 9.17) is 23.7 Å². The van der Waals surface area contributed by atoms with Gasteiger partial charge >= 0.3 is 5.97 Å². The maximum absolute atomic E-state index is 14.0. The number of Topliss-reactive ketones (excluding diaryl/α,β-unsaturated/α-hetero) is 1. The highest BCUT2D eigenvalue weighted by Crippen LogP contribution is 2.48. The molecule has 0 amide bonds. The molecular weight excluding hydrogens is 498 g/mol. The van der Waals surface area contributed by atoms with Crippen molar-refractivity contribution >= 4 is 11.8 Å². The number of rotatable bonds is 9. The summed E-state index contributed by atoms with van der Waals surface area (Å²) in [6, 6.07) is 11.2. The number of allylic oxidation sites excluding steroid dienone is 3. The molecule has 0 bridgehead atoms. The molecule has 1 aliphatic carbocycles. The Morgan fingerprint density at radius 2 is 1.67 bits per heavy atom. The van der Waals surface area contributed by atoms with E-state index in [2.05, 4.69) is 5.32 Å². The first kappa shape index (κ1) is 28.1. The lowest BCUT2D eigenvalue weighted by atomic mass is 9.71. The van der Waals surface area contributed by atoms with Gasteiger partial charge in [-0.25, -0.2) is 4.79 Å². The number of methoxy groups -OCH3 is 4. The van der Waals surface area contributed by atoms with E-state index in [1.54, 1.807) is 34.5 Å². The molecule has 0 aromatic heterocycles. The lowest BCUT2D eigenvalue weighted by Gasteiger charge is -2.37. The highest BCUT2D eigenvalue weighted by Gasteiger charge is 2.42. The van der Waals surface area contributed by atoms with Crippen molar-refractivity contribution in [3.8, 4) is 23.0 Å². The zero-order chi connectivity index (χ0) is 28.3. The summed E-state index contributed by atoms with van der Waals surface area (Å²) in [6.45, 7) is 5.67. The molecule has 0 spiro atoms. The van der Waals surface area contributed by atoms with Crippen LogP contribution in [0.1, 0.15) is 63.0 Å². The van der Waals surface area contributed by atoms with Crippen LogP contribution in [-0.2, 0) is 14.3 Å². The Hall–Kier alpha value is -3.94. The monoisotopic (exact) mass is 535 g/mol. The van der Waals surface area contributed by atoms with Crippen molar-refractivity contribution in [1.82, 2.24) is 5.32 Å². The smallest absolute Gasteiger partial charge is 0.337 e. The van der Waals surface area contributed by atoms with Crippen LogP contribution in [0.2, 0.25) is 0 Å². The molecule has 1 N–H and O–H groups in total. The Kier molecular flexibility index (Phi) is 8.53. The molecule has 1 heterocycles. The average Bonchev–Trinajstić information content (AvgIpc) is 2.95. The van der Waals surface area contributed by atoms with Gasteiger partial charge < -0.3 is 29.0 Å². The summed E-state index contributed by atoms with van der Waals surface area (Å²) in [5.74, 6) is 1.21. The molecule has 0 radical (unpaired) electrons. The van der Waals surface area contributed by atoms with Crippen LogP contribution in [0.4, 0.5) is 0 Å². The third kappa shape index (κ3) is 5.46. The fourth-order valence-corrected chi connectivity index (χ4v) is 5.35.